The van der Waals surface area contributed by atoms with E-state index >= 15 is 0 Å². The van der Waals surface area contributed by atoms with E-state index in [9.17, 15) is 9.18 Å². The first-order valence-electron chi connectivity index (χ1n) is 8.04. The van der Waals surface area contributed by atoms with Gasteiger partial charge in [0.15, 0.2) is 0 Å². The number of hydrogen-bond acceptors (Lipinski definition) is 4. The summed E-state index contributed by atoms with van der Waals surface area (Å²) in [6.07, 6.45) is 2.54. The SMILES string of the molecule is O=C(CCc1cccc(F)c1)Nc1ccc(N2CCOCC2)cn1. The van der Waals surface area contributed by atoms with Crippen molar-refractivity contribution in [3.05, 3.63) is 54.0 Å². The van der Waals surface area contributed by atoms with Gasteiger partial charge < -0.3 is 15.0 Å². The number of anilines is 2. The number of hydrogen-bond donors (Lipinski definition) is 1. The van der Waals surface area contributed by atoms with Crippen LogP contribution >= 0.6 is 0 Å². The molecule has 1 fully saturated rings. The lowest BCUT2D eigenvalue weighted by Crippen LogP contribution is -2.36. The molecular weight excluding hydrogens is 309 g/mol. The lowest BCUT2D eigenvalue weighted by molar-refractivity contribution is -0.116. The number of carbonyl (C=O) groups is 1. The summed E-state index contributed by atoms with van der Waals surface area (Å²) < 4.78 is 18.4. The predicted molar refractivity (Wildman–Crippen MR) is 90.6 cm³/mol. The average Bonchev–Trinajstić information content (AvgIpc) is 2.61. The highest BCUT2D eigenvalue weighted by Gasteiger charge is 2.11. The van der Waals surface area contributed by atoms with Crippen LogP contribution in [0.15, 0.2) is 42.6 Å². The predicted octanol–water partition coefficient (Wildman–Crippen LogP) is 2.63. The van der Waals surface area contributed by atoms with Crippen molar-refractivity contribution in [2.24, 2.45) is 0 Å². The standard InChI is InChI=1S/C18H20FN3O2/c19-15-3-1-2-14(12-15)4-7-18(23)21-17-6-5-16(13-20-17)22-8-10-24-11-9-22/h1-3,5-6,12-13H,4,7-11H2,(H,20,21,23). The highest BCUT2D eigenvalue weighted by Crippen LogP contribution is 2.16. The fraction of sp³-hybridized carbons (Fsp3) is 0.333. The third-order valence-corrected chi connectivity index (χ3v) is 3.92. The first kappa shape index (κ1) is 16.4. The second kappa shape index (κ2) is 7.88. The second-order valence-electron chi connectivity index (χ2n) is 5.68. The Kier molecular flexibility index (Phi) is 5.38. The summed E-state index contributed by atoms with van der Waals surface area (Å²) in [5.74, 6) is 0.107. The Morgan fingerprint density at radius 3 is 2.79 bits per heavy atom. The minimum atomic E-state index is -0.284. The molecule has 1 N–H and O–H groups in total. The first-order chi connectivity index (χ1) is 11.7. The number of aromatic nitrogens is 1. The summed E-state index contributed by atoms with van der Waals surface area (Å²) in [4.78, 5) is 18.5. The van der Waals surface area contributed by atoms with Crippen molar-refractivity contribution in [1.29, 1.82) is 0 Å². The fourth-order valence-electron chi connectivity index (χ4n) is 2.62. The van der Waals surface area contributed by atoms with Crippen LogP contribution in [0.3, 0.4) is 0 Å². The summed E-state index contributed by atoms with van der Waals surface area (Å²) in [5, 5.41) is 2.77. The molecule has 0 unspecified atom stereocenters. The Morgan fingerprint density at radius 1 is 1.25 bits per heavy atom. The minimum Gasteiger partial charge on any atom is -0.378 e. The molecule has 2 aromatic rings. The van der Waals surface area contributed by atoms with Crippen LogP contribution < -0.4 is 10.2 Å². The summed E-state index contributed by atoms with van der Waals surface area (Å²) in [7, 11) is 0. The van der Waals surface area contributed by atoms with Gasteiger partial charge in [-0.05, 0) is 36.2 Å². The number of morpholine rings is 1. The van der Waals surface area contributed by atoms with Gasteiger partial charge in [-0.15, -0.1) is 0 Å². The summed E-state index contributed by atoms with van der Waals surface area (Å²) in [6.45, 7) is 3.14. The van der Waals surface area contributed by atoms with E-state index in [1.54, 1.807) is 18.3 Å². The van der Waals surface area contributed by atoms with Gasteiger partial charge in [0, 0.05) is 19.5 Å². The molecule has 1 amide bonds. The number of benzene rings is 1. The van der Waals surface area contributed by atoms with Crippen LogP contribution in [-0.2, 0) is 16.0 Å². The Bertz CT molecular complexity index is 685. The number of nitrogens with one attached hydrogen (secondary N) is 1. The molecule has 1 saturated heterocycles. The van der Waals surface area contributed by atoms with Crippen LogP contribution in [0.5, 0.6) is 0 Å². The number of amides is 1. The molecule has 6 heteroatoms. The zero-order valence-electron chi connectivity index (χ0n) is 13.4. The monoisotopic (exact) mass is 329 g/mol. The number of ether oxygens (including phenoxy) is 1. The van der Waals surface area contributed by atoms with E-state index in [0.717, 1.165) is 37.6 Å². The van der Waals surface area contributed by atoms with Crippen LogP contribution in [-0.4, -0.2) is 37.2 Å². The molecule has 0 spiro atoms. The van der Waals surface area contributed by atoms with Crippen LogP contribution in [0.1, 0.15) is 12.0 Å². The molecule has 5 nitrogen and oxygen atoms in total. The van der Waals surface area contributed by atoms with Crippen LogP contribution in [0.25, 0.3) is 0 Å². The molecule has 1 aliphatic heterocycles. The average molecular weight is 329 g/mol. The molecule has 3 rings (SSSR count). The van der Waals surface area contributed by atoms with Gasteiger partial charge in [-0.25, -0.2) is 9.37 Å². The summed E-state index contributed by atoms with van der Waals surface area (Å²) >= 11 is 0. The molecular formula is C18H20FN3O2. The van der Waals surface area contributed by atoms with E-state index in [-0.39, 0.29) is 18.1 Å². The van der Waals surface area contributed by atoms with E-state index < -0.39 is 0 Å². The van der Waals surface area contributed by atoms with Crippen LogP contribution in [0.4, 0.5) is 15.9 Å². The summed E-state index contributed by atoms with van der Waals surface area (Å²) in [5.41, 5.74) is 1.83. The van der Waals surface area contributed by atoms with Crippen molar-refractivity contribution in [3.63, 3.8) is 0 Å². The number of aryl methyl sites for hydroxylation is 1. The van der Waals surface area contributed by atoms with E-state index in [4.69, 9.17) is 4.74 Å². The van der Waals surface area contributed by atoms with Gasteiger partial charge in [-0.1, -0.05) is 12.1 Å². The molecule has 0 aliphatic carbocycles. The number of rotatable bonds is 5. The zero-order valence-corrected chi connectivity index (χ0v) is 13.4. The number of halogens is 1. The molecule has 0 radical (unpaired) electrons. The lowest BCUT2D eigenvalue weighted by Gasteiger charge is -2.28. The Hall–Kier alpha value is -2.47. The van der Waals surface area contributed by atoms with Gasteiger partial charge in [0.05, 0.1) is 25.1 Å². The van der Waals surface area contributed by atoms with E-state index in [1.165, 1.54) is 12.1 Å². The largest absolute Gasteiger partial charge is 0.378 e. The van der Waals surface area contributed by atoms with Crippen LogP contribution in [0, 0.1) is 5.82 Å². The maximum absolute atomic E-state index is 13.1. The van der Waals surface area contributed by atoms with Gasteiger partial charge in [-0.2, -0.15) is 0 Å². The highest BCUT2D eigenvalue weighted by molar-refractivity contribution is 5.89. The Labute approximate surface area is 140 Å². The maximum Gasteiger partial charge on any atom is 0.225 e. The van der Waals surface area contributed by atoms with Gasteiger partial charge in [0.25, 0.3) is 0 Å². The quantitative estimate of drug-likeness (QED) is 0.916. The molecule has 1 aliphatic rings. The molecule has 126 valence electrons. The van der Waals surface area contributed by atoms with Gasteiger partial charge in [0.1, 0.15) is 11.6 Å². The highest BCUT2D eigenvalue weighted by atomic mass is 19.1. The van der Waals surface area contributed by atoms with Crippen molar-refractivity contribution < 1.29 is 13.9 Å². The molecule has 1 aromatic heterocycles. The Balaban J connectivity index is 1.50. The topological polar surface area (TPSA) is 54.5 Å². The maximum atomic E-state index is 13.1. The van der Waals surface area contributed by atoms with Gasteiger partial charge in [-0.3, -0.25) is 4.79 Å². The first-order valence-corrected chi connectivity index (χ1v) is 8.04. The normalized spacial score (nSPS) is 14.5. The zero-order chi connectivity index (χ0) is 16.8. The van der Waals surface area contributed by atoms with Crippen molar-refractivity contribution in [3.8, 4) is 0 Å². The molecule has 0 saturated carbocycles. The molecule has 2 heterocycles. The lowest BCUT2D eigenvalue weighted by atomic mass is 10.1. The van der Waals surface area contributed by atoms with E-state index in [0.29, 0.717) is 12.2 Å². The third-order valence-electron chi connectivity index (χ3n) is 3.92. The van der Waals surface area contributed by atoms with Crippen molar-refractivity contribution in [1.82, 2.24) is 4.98 Å². The molecule has 0 bridgehead atoms. The molecule has 24 heavy (non-hydrogen) atoms. The molecule has 0 atom stereocenters. The summed E-state index contributed by atoms with van der Waals surface area (Å²) in [6, 6.07) is 10.0. The van der Waals surface area contributed by atoms with Gasteiger partial charge >= 0.3 is 0 Å². The number of nitrogens with zero attached hydrogens (tertiary/aromatic N) is 2. The van der Waals surface area contributed by atoms with Crippen molar-refractivity contribution in [2.45, 2.75) is 12.8 Å². The Morgan fingerprint density at radius 2 is 2.08 bits per heavy atom. The minimum absolute atomic E-state index is 0.133. The van der Waals surface area contributed by atoms with Gasteiger partial charge in [0.2, 0.25) is 5.91 Å². The van der Waals surface area contributed by atoms with Crippen LogP contribution in [0.2, 0.25) is 0 Å². The second-order valence-corrected chi connectivity index (χ2v) is 5.68. The fourth-order valence-corrected chi connectivity index (χ4v) is 2.62. The van der Waals surface area contributed by atoms with Crippen molar-refractivity contribution in [2.75, 3.05) is 36.5 Å². The number of pyridine rings is 1. The smallest absolute Gasteiger partial charge is 0.225 e. The van der Waals surface area contributed by atoms with Crippen molar-refractivity contribution >= 4 is 17.4 Å². The van der Waals surface area contributed by atoms with E-state index in [1.807, 2.05) is 12.1 Å². The number of carbonyl (C=O) groups excluding carboxylic acids is 1. The van der Waals surface area contributed by atoms with E-state index in [2.05, 4.69) is 15.2 Å². The molecule has 1 aromatic carbocycles. The third kappa shape index (κ3) is 4.52.